The largest absolute Gasteiger partial charge is 0.447 e. The number of piperazine rings is 1. The average molecular weight is 382 g/mol. The molecule has 27 heavy (non-hydrogen) atoms. The second kappa shape index (κ2) is 7.99. The van der Waals surface area contributed by atoms with Crippen LogP contribution in [0.25, 0.3) is 0 Å². The lowest BCUT2D eigenvalue weighted by atomic mass is 10.1. The molecule has 1 aromatic carbocycles. The smallest absolute Gasteiger partial charge is 0.416 e. The predicted molar refractivity (Wildman–Crippen MR) is 93.4 cm³/mol. The fraction of sp³-hybridized carbons (Fsp3) is 0.444. The lowest BCUT2D eigenvalue weighted by Gasteiger charge is -2.35. The maximum atomic E-state index is 12.9. The minimum absolute atomic E-state index is 0.245. The summed E-state index contributed by atoms with van der Waals surface area (Å²) >= 11 is 0. The highest BCUT2D eigenvalue weighted by molar-refractivity contribution is 5.91. The van der Waals surface area contributed by atoms with Crippen LogP contribution in [0.4, 0.5) is 18.9 Å². The van der Waals surface area contributed by atoms with Gasteiger partial charge >= 0.3 is 6.18 Å². The van der Waals surface area contributed by atoms with Crippen LogP contribution < -0.4 is 10.2 Å². The minimum atomic E-state index is -4.34. The van der Waals surface area contributed by atoms with E-state index in [0.717, 1.165) is 6.07 Å². The Morgan fingerprint density at radius 2 is 2.00 bits per heavy atom. The highest BCUT2D eigenvalue weighted by atomic mass is 19.4. The van der Waals surface area contributed by atoms with E-state index >= 15 is 0 Å². The topological polar surface area (TPSA) is 61.6 Å². The first-order valence-electron chi connectivity index (χ1n) is 8.74. The number of rotatable bonds is 5. The van der Waals surface area contributed by atoms with E-state index in [1.54, 1.807) is 6.07 Å². The normalized spacial score (nSPS) is 15.8. The second-order valence-electron chi connectivity index (χ2n) is 6.30. The molecule has 9 heteroatoms. The third-order valence-corrected chi connectivity index (χ3v) is 4.39. The van der Waals surface area contributed by atoms with Gasteiger partial charge in [-0.25, -0.2) is 4.98 Å². The maximum absolute atomic E-state index is 12.9. The number of aromatic nitrogens is 1. The summed E-state index contributed by atoms with van der Waals surface area (Å²) in [5, 5.41) is 2.66. The van der Waals surface area contributed by atoms with Crippen molar-refractivity contribution in [2.24, 2.45) is 0 Å². The van der Waals surface area contributed by atoms with Crippen molar-refractivity contribution in [3.8, 4) is 0 Å². The van der Waals surface area contributed by atoms with Gasteiger partial charge in [-0.3, -0.25) is 9.69 Å². The van der Waals surface area contributed by atoms with Gasteiger partial charge in [0.05, 0.1) is 12.1 Å². The van der Waals surface area contributed by atoms with Gasteiger partial charge in [-0.15, -0.1) is 0 Å². The molecular formula is C18H21F3N4O2. The van der Waals surface area contributed by atoms with E-state index in [2.05, 4.69) is 15.2 Å². The van der Waals surface area contributed by atoms with Crippen molar-refractivity contribution >= 4 is 11.6 Å². The van der Waals surface area contributed by atoms with Crippen molar-refractivity contribution in [3.05, 3.63) is 47.7 Å². The first-order chi connectivity index (χ1) is 12.9. The summed E-state index contributed by atoms with van der Waals surface area (Å²) in [7, 11) is 0. The van der Waals surface area contributed by atoms with Crippen LogP contribution in [0.3, 0.4) is 0 Å². The summed E-state index contributed by atoms with van der Waals surface area (Å²) in [5.41, 5.74) is 0.175. The number of carbonyl (C=O) groups excluding carboxylic acids is 1. The number of anilines is 1. The molecule has 0 unspecified atom stereocenters. The number of nitrogens with one attached hydrogen (secondary N) is 1. The zero-order valence-electron chi connectivity index (χ0n) is 14.9. The molecule has 146 valence electrons. The van der Waals surface area contributed by atoms with Crippen LogP contribution in [0.5, 0.6) is 0 Å². The van der Waals surface area contributed by atoms with Crippen molar-refractivity contribution in [2.75, 3.05) is 37.6 Å². The molecule has 6 nitrogen and oxygen atoms in total. The molecule has 0 radical (unpaired) electrons. The molecule has 1 fully saturated rings. The maximum Gasteiger partial charge on any atom is 0.416 e. The van der Waals surface area contributed by atoms with Gasteiger partial charge in [0.2, 0.25) is 5.89 Å². The van der Waals surface area contributed by atoms with Crippen molar-refractivity contribution in [1.82, 2.24) is 15.2 Å². The predicted octanol–water partition coefficient (Wildman–Crippen LogP) is 2.77. The van der Waals surface area contributed by atoms with Gasteiger partial charge in [-0.2, -0.15) is 13.2 Å². The Morgan fingerprint density at radius 3 is 2.67 bits per heavy atom. The van der Waals surface area contributed by atoms with Crippen molar-refractivity contribution in [3.63, 3.8) is 0 Å². The van der Waals surface area contributed by atoms with Crippen LogP contribution in [-0.4, -0.2) is 48.5 Å². The number of oxazole rings is 1. The lowest BCUT2D eigenvalue weighted by Crippen LogP contribution is -2.46. The summed E-state index contributed by atoms with van der Waals surface area (Å²) in [6.07, 6.45) is -3.01. The Morgan fingerprint density at radius 1 is 1.26 bits per heavy atom. The van der Waals surface area contributed by atoms with E-state index in [1.165, 1.54) is 18.4 Å². The standard InChI is InChI=1S/C18H21F3N4O2/c1-2-22-17(26)15-12-27-16(23-15)11-24-6-8-25(9-7-24)14-5-3-4-13(10-14)18(19,20)21/h3-5,10,12H,2,6-9,11H2,1H3,(H,22,26). The molecule has 1 amide bonds. The molecule has 2 heterocycles. The van der Waals surface area contributed by atoms with E-state index < -0.39 is 11.7 Å². The Bertz CT molecular complexity index is 783. The number of amides is 1. The van der Waals surface area contributed by atoms with Gasteiger partial charge in [0.1, 0.15) is 6.26 Å². The summed E-state index contributed by atoms with van der Waals surface area (Å²) in [5.74, 6) is 0.172. The number of hydrogen-bond acceptors (Lipinski definition) is 5. The van der Waals surface area contributed by atoms with E-state index in [0.29, 0.717) is 50.8 Å². The molecule has 3 rings (SSSR count). The Labute approximate surface area is 155 Å². The van der Waals surface area contributed by atoms with Gasteiger partial charge < -0.3 is 14.6 Å². The highest BCUT2D eigenvalue weighted by Crippen LogP contribution is 2.31. The molecule has 1 N–H and O–H groups in total. The van der Waals surface area contributed by atoms with Gasteiger partial charge in [0.15, 0.2) is 5.69 Å². The Hall–Kier alpha value is -2.55. The zero-order valence-corrected chi connectivity index (χ0v) is 14.9. The third kappa shape index (κ3) is 4.79. The Balaban J connectivity index is 1.56. The van der Waals surface area contributed by atoms with Crippen molar-refractivity contribution < 1.29 is 22.4 Å². The van der Waals surface area contributed by atoms with E-state index in [4.69, 9.17) is 4.42 Å². The third-order valence-electron chi connectivity index (χ3n) is 4.39. The molecule has 1 aromatic heterocycles. The molecule has 0 aliphatic carbocycles. The molecular weight excluding hydrogens is 361 g/mol. The van der Waals surface area contributed by atoms with Gasteiger partial charge in [-0.1, -0.05) is 6.07 Å². The molecule has 0 saturated carbocycles. The molecule has 0 bridgehead atoms. The van der Waals surface area contributed by atoms with Crippen LogP contribution in [0.1, 0.15) is 28.9 Å². The van der Waals surface area contributed by atoms with Crippen molar-refractivity contribution in [2.45, 2.75) is 19.6 Å². The van der Waals surface area contributed by atoms with Gasteiger partial charge in [0.25, 0.3) is 5.91 Å². The molecule has 1 saturated heterocycles. The molecule has 0 atom stereocenters. The number of halogens is 3. The fourth-order valence-corrected chi connectivity index (χ4v) is 2.97. The SMILES string of the molecule is CCNC(=O)c1coc(CN2CCN(c3cccc(C(F)(F)F)c3)CC2)n1. The highest BCUT2D eigenvalue weighted by Gasteiger charge is 2.31. The quantitative estimate of drug-likeness (QED) is 0.862. The molecule has 1 aliphatic rings. The van der Waals surface area contributed by atoms with Crippen LogP contribution in [-0.2, 0) is 12.7 Å². The number of hydrogen-bond donors (Lipinski definition) is 1. The fourth-order valence-electron chi connectivity index (χ4n) is 2.97. The minimum Gasteiger partial charge on any atom is -0.447 e. The average Bonchev–Trinajstić information content (AvgIpc) is 3.11. The zero-order chi connectivity index (χ0) is 19.4. The van der Waals surface area contributed by atoms with Gasteiger partial charge in [0, 0.05) is 38.4 Å². The van der Waals surface area contributed by atoms with Crippen LogP contribution in [0.15, 0.2) is 34.9 Å². The Kier molecular flexibility index (Phi) is 5.69. The number of benzene rings is 1. The molecule has 1 aliphatic heterocycles. The first kappa shape index (κ1) is 19.2. The van der Waals surface area contributed by atoms with Crippen LogP contribution >= 0.6 is 0 Å². The number of nitrogens with zero attached hydrogens (tertiary/aromatic N) is 3. The summed E-state index contributed by atoms with van der Waals surface area (Å²) in [6.45, 7) is 5.32. The summed E-state index contributed by atoms with van der Waals surface area (Å²) in [6, 6.07) is 5.38. The van der Waals surface area contributed by atoms with Crippen LogP contribution in [0, 0.1) is 0 Å². The molecule has 2 aromatic rings. The van der Waals surface area contributed by atoms with E-state index in [1.807, 2.05) is 11.8 Å². The molecule has 0 spiro atoms. The number of carbonyl (C=O) groups is 1. The monoisotopic (exact) mass is 382 g/mol. The van der Waals surface area contributed by atoms with Crippen molar-refractivity contribution in [1.29, 1.82) is 0 Å². The summed E-state index contributed by atoms with van der Waals surface area (Å²) in [4.78, 5) is 19.9. The first-order valence-corrected chi connectivity index (χ1v) is 8.74. The van der Waals surface area contributed by atoms with E-state index in [-0.39, 0.29) is 11.6 Å². The summed E-state index contributed by atoms with van der Waals surface area (Å²) < 4.78 is 44.0. The second-order valence-corrected chi connectivity index (χ2v) is 6.30. The van der Waals surface area contributed by atoms with Crippen LogP contribution in [0.2, 0.25) is 0 Å². The lowest BCUT2D eigenvalue weighted by molar-refractivity contribution is -0.137. The number of alkyl halides is 3. The van der Waals surface area contributed by atoms with Gasteiger partial charge in [-0.05, 0) is 25.1 Å². The van der Waals surface area contributed by atoms with E-state index in [9.17, 15) is 18.0 Å².